The molecule has 1 aromatic heterocycles. The third-order valence-corrected chi connectivity index (χ3v) is 4.09. The number of likely N-dealkylation sites (tertiary alicyclic amines) is 1. The Kier molecular flexibility index (Phi) is 5.17. The molecule has 2 heterocycles. The Hall–Kier alpha value is -1.36. The molecule has 1 aliphatic heterocycles. The number of aromatic nitrogens is 2. The fourth-order valence-corrected chi connectivity index (χ4v) is 2.93. The molecule has 5 nitrogen and oxygen atoms in total. The van der Waals surface area contributed by atoms with E-state index in [-0.39, 0.29) is 6.04 Å². The first-order chi connectivity index (χ1) is 9.65. The summed E-state index contributed by atoms with van der Waals surface area (Å²) in [6, 6.07) is 1.77. The van der Waals surface area contributed by atoms with Crippen LogP contribution in [0, 0.1) is 0 Å². The smallest absolute Gasteiger partial charge is 0.320 e. The minimum absolute atomic E-state index is 0.345. The van der Waals surface area contributed by atoms with Crippen molar-refractivity contribution in [2.75, 3.05) is 6.54 Å². The molecule has 1 saturated heterocycles. The van der Waals surface area contributed by atoms with Crippen LogP contribution in [0.5, 0.6) is 0 Å². The van der Waals surface area contributed by atoms with Gasteiger partial charge in [-0.25, -0.2) is 0 Å². The molecule has 112 valence electrons. The Morgan fingerprint density at radius 3 is 2.85 bits per heavy atom. The number of rotatable bonds is 5. The van der Waals surface area contributed by atoms with E-state index in [1.54, 1.807) is 0 Å². The molecule has 1 fully saturated rings. The van der Waals surface area contributed by atoms with Gasteiger partial charge < -0.3 is 5.11 Å². The maximum atomic E-state index is 11.5. The molecule has 0 amide bonds. The molecule has 5 heteroatoms. The van der Waals surface area contributed by atoms with Crippen LogP contribution >= 0.6 is 0 Å². The monoisotopic (exact) mass is 279 g/mol. The molecule has 2 rings (SSSR count). The molecule has 0 aromatic carbocycles. The van der Waals surface area contributed by atoms with E-state index in [9.17, 15) is 9.90 Å². The number of nitrogens with zero attached hydrogens (tertiary/aromatic N) is 3. The van der Waals surface area contributed by atoms with E-state index < -0.39 is 5.97 Å². The van der Waals surface area contributed by atoms with Gasteiger partial charge in [0.2, 0.25) is 0 Å². The Balaban J connectivity index is 2.16. The molecule has 1 unspecified atom stereocenters. The Morgan fingerprint density at radius 1 is 1.40 bits per heavy atom. The fraction of sp³-hybridized carbons (Fsp3) is 0.733. The molecule has 0 bridgehead atoms. The normalized spacial score (nSPS) is 20.8. The van der Waals surface area contributed by atoms with Gasteiger partial charge in [0.15, 0.2) is 0 Å². The van der Waals surface area contributed by atoms with Gasteiger partial charge in [0.05, 0.1) is 11.4 Å². The zero-order valence-corrected chi connectivity index (χ0v) is 12.5. The van der Waals surface area contributed by atoms with E-state index in [1.807, 2.05) is 4.68 Å². The largest absolute Gasteiger partial charge is 0.480 e. The summed E-state index contributed by atoms with van der Waals surface area (Å²) in [5.74, 6) is -0.690. The van der Waals surface area contributed by atoms with Gasteiger partial charge in [0.25, 0.3) is 0 Å². The van der Waals surface area contributed by atoms with Crippen molar-refractivity contribution in [3.8, 4) is 0 Å². The molecule has 0 spiro atoms. The number of hydrogen-bond donors (Lipinski definition) is 1. The van der Waals surface area contributed by atoms with Crippen LogP contribution in [0.3, 0.4) is 0 Å². The summed E-state index contributed by atoms with van der Waals surface area (Å²) in [4.78, 5) is 13.6. The van der Waals surface area contributed by atoms with Crippen LogP contribution in [0.2, 0.25) is 0 Å². The van der Waals surface area contributed by atoms with Crippen LogP contribution < -0.4 is 0 Å². The number of aliphatic carboxylic acids is 1. The van der Waals surface area contributed by atoms with Gasteiger partial charge >= 0.3 is 5.97 Å². The van der Waals surface area contributed by atoms with Crippen molar-refractivity contribution in [2.24, 2.45) is 0 Å². The fourth-order valence-electron chi connectivity index (χ4n) is 2.93. The molecule has 1 atom stereocenters. The first-order valence-electron chi connectivity index (χ1n) is 7.68. The highest BCUT2D eigenvalue weighted by Crippen LogP contribution is 2.20. The van der Waals surface area contributed by atoms with Gasteiger partial charge in [-0.2, -0.15) is 5.10 Å². The first kappa shape index (κ1) is 15.0. The van der Waals surface area contributed by atoms with Crippen LogP contribution in [0.25, 0.3) is 0 Å². The van der Waals surface area contributed by atoms with Crippen LogP contribution in [0.1, 0.15) is 50.9 Å². The minimum Gasteiger partial charge on any atom is -0.480 e. The summed E-state index contributed by atoms with van der Waals surface area (Å²) in [6.07, 6.45) is 4.91. The van der Waals surface area contributed by atoms with Crippen molar-refractivity contribution in [3.63, 3.8) is 0 Å². The van der Waals surface area contributed by atoms with E-state index in [1.165, 1.54) is 0 Å². The molecule has 1 aromatic rings. The lowest BCUT2D eigenvalue weighted by Crippen LogP contribution is -2.40. The van der Waals surface area contributed by atoms with E-state index in [2.05, 4.69) is 29.9 Å². The number of hydrogen-bond acceptors (Lipinski definition) is 3. The molecular weight excluding hydrogens is 254 g/mol. The van der Waals surface area contributed by atoms with Crippen LogP contribution in [0.15, 0.2) is 6.07 Å². The highest BCUT2D eigenvalue weighted by Gasteiger charge is 2.27. The van der Waals surface area contributed by atoms with Gasteiger partial charge in [-0.3, -0.25) is 14.4 Å². The van der Waals surface area contributed by atoms with Crippen molar-refractivity contribution in [1.29, 1.82) is 0 Å². The van der Waals surface area contributed by atoms with Gasteiger partial charge in [0.1, 0.15) is 6.04 Å². The second kappa shape index (κ2) is 6.88. The molecule has 0 aliphatic carbocycles. The van der Waals surface area contributed by atoms with Gasteiger partial charge in [-0.1, -0.05) is 19.8 Å². The third kappa shape index (κ3) is 3.39. The lowest BCUT2D eigenvalue weighted by molar-refractivity contribution is -0.143. The third-order valence-electron chi connectivity index (χ3n) is 4.09. The number of carbonyl (C=O) groups is 1. The molecule has 1 aliphatic rings. The first-order valence-corrected chi connectivity index (χ1v) is 7.68. The summed E-state index contributed by atoms with van der Waals surface area (Å²) in [5, 5.41) is 14.0. The second-order valence-electron chi connectivity index (χ2n) is 5.47. The van der Waals surface area contributed by atoms with Crippen molar-refractivity contribution < 1.29 is 9.90 Å². The molecule has 20 heavy (non-hydrogen) atoms. The average Bonchev–Trinajstić information content (AvgIpc) is 2.67. The van der Waals surface area contributed by atoms with Crippen molar-refractivity contribution in [3.05, 3.63) is 17.5 Å². The van der Waals surface area contributed by atoms with E-state index in [0.29, 0.717) is 6.54 Å². The summed E-state index contributed by atoms with van der Waals surface area (Å²) < 4.78 is 2.00. The zero-order valence-electron chi connectivity index (χ0n) is 12.5. The molecule has 0 saturated carbocycles. The highest BCUT2D eigenvalue weighted by molar-refractivity contribution is 5.73. The maximum Gasteiger partial charge on any atom is 0.320 e. The van der Waals surface area contributed by atoms with E-state index in [0.717, 1.165) is 56.6 Å². The molecule has 0 radical (unpaired) electrons. The van der Waals surface area contributed by atoms with Crippen molar-refractivity contribution in [2.45, 2.75) is 65.1 Å². The lowest BCUT2D eigenvalue weighted by atomic mass is 10.1. The quantitative estimate of drug-likeness (QED) is 0.898. The van der Waals surface area contributed by atoms with Crippen molar-refractivity contribution in [1.82, 2.24) is 14.7 Å². The average molecular weight is 279 g/mol. The maximum absolute atomic E-state index is 11.5. The summed E-state index contributed by atoms with van der Waals surface area (Å²) in [5.41, 5.74) is 2.22. The van der Waals surface area contributed by atoms with Crippen LogP contribution in [-0.2, 0) is 24.3 Å². The summed E-state index contributed by atoms with van der Waals surface area (Å²) >= 11 is 0. The van der Waals surface area contributed by atoms with Crippen molar-refractivity contribution >= 4 is 5.97 Å². The van der Waals surface area contributed by atoms with E-state index >= 15 is 0 Å². The SMILES string of the molecule is CCc1cc(CN2CCCCCC2C(=O)O)n(CC)n1. The predicted molar refractivity (Wildman–Crippen MR) is 77.6 cm³/mol. The lowest BCUT2D eigenvalue weighted by Gasteiger charge is -2.26. The topological polar surface area (TPSA) is 58.4 Å². The highest BCUT2D eigenvalue weighted by atomic mass is 16.4. The summed E-state index contributed by atoms with van der Waals surface area (Å²) in [7, 11) is 0. The molecule has 1 N–H and O–H groups in total. The van der Waals surface area contributed by atoms with Gasteiger partial charge in [-0.15, -0.1) is 0 Å². The summed E-state index contributed by atoms with van der Waals surface area (Å²) in [6.45, 7) is 6.57. The van der Waals surface area contributed by atoms with E-state index in [4.69, 9.17) is 0 Å². The predicted octanol–water partition coefficient (Wildman–Crippen LogP) is 2.29. The number of carboxylic acids is 1. The number of aryl methyl sites for hydroxylation is 2. The van der Waals surface area contributed by atoms with Crippen LogP contribution in [-0.4, -0.2) is 38.3 Å². The second-order valence-corrected chi connectivity index (χ2v) is 5.47. The molecular formula is C15H25N3O2. The minimum atomic E-state index is -0.690. The van der Waals surface area contributed by atoms with Crippen LogP contribution in [0.4, 0.5) is 0 Å². The zero-order chi connectivity index (χ0) is 14.5. The van der Waals surface area contributed by atoms with Gasteiger partial charge in [0, 0.05) is 13.1 Å². The Morgan fingerprint density at radius 2 is 2.20 bits per heavy atom. The Labute approximate surface area is 120 Å². The Bertz CT molecular complexity index is 456. The standard InChI is InChI=1S/C15H25N3O2/c1-3-12-10-13(18(4-2)16-12)11-17-9-7-5-6-8-14(17)15(19)20/h10,14H,3-9,11H2,1-2H3,(H,19,20). The van der Waals surface area contributed by atoms with Gasteiger partial charge in [-0.05, 0) is 38.8 Å². The number of carboxylic acid groups (broad SMARTS) is 1.